The molecular weight excluding hydrogens is 339 g/mol. The third kappa shape index (κ3) is 4.26. The predicted molar refractivity (Wildman–Crippen MR) is 104 cm³/mol. The molecule has 124 valence electrons. The van der Waals surface area contributed by atoms with E-state index in [1.807, 2.05) is 0 Å². The first-order valence-electron chi connectivity index (χ1n) is 8.70. The molecule has 0 fully saturated rings. The summed E-state index contributed by atoms with van der Waals surface area (Å²) in [5, 5.41) is 0. The summed E-state index contributed by atoms with van der Waals surface area (Å²) in [5.74, 6) is 8.13. The zero-order valence-corrected chi connectivity index (χ0v) is 18.2. The fourth-order valence-electron chi connectivity index (χ4n) is 3.40. The zero-order valence-electron chi connectivity index (χ0n) is 16.1. The number of aromatic nitrogens is 1. The summed E-state index contributed by atoms with van der Waals surface area (Å²) in [4.78, 5) is 0. The van der Waals surface area contributed by atoms with Crippen molar-refractivity contribution in [2.24, 2.45) is 13.0 Å². The molecule has 0 aliphatic rings. The zero-order chi connectivity index (χ0) is 17.4. The summed E-state index contributed by atoms with van der Waals surface area (Å²) in [6, 6.07) is 9.44. The van der Waals surface area contributed by atoms with Gasteiger partial charge in [-0.1, -0.05) is 0 Å². The number of hydrogen-bond donors (Lipinski definition) is 0. The Morgan fingerprint density at radius 2 is 1.65 bits per heavy atom. The first-order valence-corrected chi connectivity index (χ1v) is 16.0. The monoisotopic (exact) mass is 372 g/mol. The van der Waals surface area contributed by atoms with E-state index in [4.69, 9.17) is 0 Å². The fourth-order valence-corrected chi connectivity index (χ4v) is 7.21. The molecule has 0 N–H and O–H groups in total. The van der Waals surface area contributed by atoms with E-state index >= 15 is 0 Å². The molecule has 1 heterocycles. The Morgan fingerprint density at radius 3 is 2.22 bits per heavy atom. The summed E-state index contributed by atoms with van der Waals surface area (Å²) in [7, 11) is 2.18. The molecule has 1 aromatic heterocycles. The Bertz CT molecular complexity index is 709. The van der Waals surface area contributed by atoms with E-state index in [0.29, 0.717) is 5.92 Å². The maximum atomic E-state index is 2.48. The van der Waals surface area contributed by atoms with E-state index in [9.17, 15) is 0 Å². The second-order valence-electron chi connectivity index (χ2n) is 8.36. The normalized spacial score (nSPS) is 12.0. The SMILES string of the molecule is Cc1ccc(CC(C)C)cc1-c1c[c]([Ge]([CH3])([CH3])[CH3])c(C)c[n+]1C. The van der Waals surface area contributed by atoms with Crippen LogP contribution in [0.2, 0.25) is 17.3 Å². The molecule has 0 amide bonds. The molecule has 2 rings (SSSR count). The second kappa shape index (κ2) is 6.80. The van der Waals surface area contributed by atoms with Crippen LogP contribution < -0.4 is 8.96 Å². The molecule has 0 spiro atoms. The van der Waals surface area contributed by atoms with Crippen LogP contribution in [-0.2, 0) is 13.5 Å². The number of hydrogen-bond acceptors (Lipinski definition) is 0. The summed E-state index contributed by atoms with van der Waals surface area (Å²) in [5.41, 5.74) is 7.00. The van der Waals surface area contributed by atoms with Crippen molar-refractivity contribution in [3.8, 4) is 11.3 Å². The number of pyridine rings is 1. The van der Waals surface area contributed by atoms with Crippen molar-refractivity contribution in [1.29, 1.82) is 0 Å². The number of nitrogens with zero attached hydrogens (tertiary/aromatic N) is 1. The molecule has 0 atom stereocenters. The second-order valence-corrected chi connectivity index (χ2v) is 18.9. The molecule has 2 heteroatoms. The summed E-state index contributed by atoms with van der Waals surface area (Å²) in [6.45, 7) is 9.07. The Kier molecular flexibility index (Phi) is 5.40. The van der Waals surface area contributed by atoms with Gasteiger partial charge in [-0.25, -0.2) is 0 Å². The van der Waals surface area contributed by atoms with Crippen molar-refractivity contribution >= 4 is 17.7 Å². The Labute approximate surface area is 145 Å². The van der Waals surface area contributed by atoms with E-state index in [-0.39, 0.29) is 0 Å². The van der Waals surface area contributed by atoms with E-state index in [2.05, 4.69) is 87.0 Å². The molecule has 1 aromatic carbocycles. The molecule has 0 aliphatic carbocycles. The first kappa shape index (κ1) is 18.3. The van der Waals surface area contributed by atoms with Crippen LogP contribution in [0.5, 0.6) is 0 Å². The van der Waals surface area contributed by atoms with Crippen LogP contribution in [-0.4, -0.2) is 13.3 Å². The average molecular weight is 371 g/mol. The third-order valence-electron chi connectivity index (χ3n) is 4.50. The molecule has 0 unspecified atom stereocenters. The van der Waals surface area contributed by atoms with E-state index in [0.717, 1.165) is 6.42 Å². The van der Waals surface area contributed by atoms with Crippen molar-refractivity contribution in [1.82, 2.24) is 0 Å². The average Bonchev–Trinajstić information content (AvgIpc) is 2.39. The molecule has 0 radical (unpaired) electrons. The molecule has 0 saturated carbocycles. The van der Waals surface area contributed by atoms with Gasteiger partial charge >= 0.3 is 145 Å². The number of rotatable bonds is 4. The van der Waals surface area contributed by atoms with E-state index < -0.39 is 13.3 Å². The van der Waals surface area contributed by atoms with Gasteiger partial charge in [-0.05, 0) is 0 Å². The molecule has 1 nitrogen and oxygen atoms in total. The minimum atomic E-state index is -1.86. The van der Waals surface area contributed by atoms with Crippen LogP contribution in [0.25, 0.3) is 11.3 Å². The number of aryl methyl sites for hydroxylation is 3. The quantitative estimate of drug-likeness (QED) is 0.549. The van der Waals surface area contributed by atoms with Gasteiger partial charge in [0.05, 0.1) is 0 Å². The van der Waals surface area contributed by atoms with Crippen molar-refractivity contribution in [3.63, 3.8) is 0 Å². The maximum absolute atomic E-state index is 2.48. The fraction of sp³-hybridized carbons (Fsp3) is 0.476. The number of benzene rings is 1. The van der Waals surface area contributed by atoms with Gasteiger partial charge < -0.3 is 0 Å². The summed E-state index contributed by atoms with van der Waals surface area (Å²) in [6.07, 6.45) is 3.46. The van der Waals surface area contributed by atoms with Gasteiger partial charge in [-0.15, -0.1) is 0 Å². The molecule has 23 heavy (non-hydrogen) atoms. The van der Waals surface area contributed by atoms with Crippen molar-refractivity contribution < 1.29 is 4.57 Å². The molecule has 0 saturated heterocycles. The minimum absolute atomic E-state index is 0.692. The summed E-state index contributed by atoms with van der Waals surface area (Å²) < 4.78 is 3.92. The Hall–Kier alpha value is -1.09. The molecule has 2 aromatic rings. The van der Waals surface area contributed by atoms with Crippen LogP contribution in [0.4, 0.5) is 0 Å². The Balaban J connectivity index is 2.62. The van der Waals surface area contributed by atoms with Gasteiger partial charge in [-0.3, -0.25) is 0 Å². The standard InChI is InChI=1S/C21H32GeN/c1-15(2)11-18-10-9-16(3)19(12-18)21-13-20(22(5,6)7)17(4)14-23(21)8/h9-10,12-15H,11H2,1-8H3/q+1. The van der Waals surface area contributed by atoms with Crippen molar-refractivity contribution in [2.45, 2.75) is 51.4 Å². The predicted octanol–water partition coefficient (Wildman–Crippen LogP) is 4.54. The molecular formula is C21H32GeN+. The van der Waals surface area contributed by atoms with Crippen LogP contribution in [0, 0.1) is 19.8 Å². The van der Waals surface area contributed by atoms with Crippen molar-refractivity contribution in [3.05, 3.63) is 47.2 Å². The van der Waals surface area contributed by atoms with Crippen LogP contribution >= 0.6 is 0 Å². The topological polar surface area (TPSA) is 3.88 Å². The van der Waals surface area contributed by atoms with E-state index in [1.54, 1.807) is 4.40 Å². The van der Waals surface area contributed by atoms with Crippen LogP contribution in [0.1, 0.15) is 30.5 Å². The third-order valence-corrected chi connectivity index (χ3v) is 9.02. The van der Waals surface area contributed by atoms with Gasteiger partial charge in [0.1, 0.15) is 0 Å². The van der Waals surface area contributed by atoms with Gasteiger partial charge in [0, 0.05) is 0 Å². The van der Waals surface area contributed by atoms with Crippen LogP contribution in [0.15, 0.2) is 30.5 Å². The molecule has 0 aliphatic heterocycles. The van der Waals surface area contributed by atoms with Crippen LogP contribution in [0.3, 0.4) is 0 Å². The summed E-state index contributed by atoms with van der Waals surface area (Å²) >= 11 is -1.86. The van der Waals surface area contributed by atoms with Crippen molar-refractivity contribution in [2.75, 3.05) is 0 Å². The van der Waals surface area contributed by atoms with Gasteiger partial charge in [0.15, 0.2) is 0 Å². The van der Waals surface area contributed by atoms with E-state index in [1.165, 1.54) is 27.9 Å². The van der Waals surface area contributed by atoms with Gasteiger partial charge in [0.2, 0.25) is 0 Å². The molecule has 0 bridgehead atoms. The Morgan fingerprint density at radius 1 is 1.00 bits per heavy atom. The first-order chi connectivity index (χ1) is 10.6. The van der Waals surface area contributed by atoms with Gasteiger partial charge in [0.25, 0.3) is 0 Å². The van der Waals surface area contributed by atoms with Gasteiger partial charge in [-0.2, -0.15) is 0 Å².